The number of amides is 4. The second-order valence-corrected chi connectivity index (χ2v) is 7.01. The Labute approximate surface area is 156 Å². The number of ether oxygens (including phenoxy) is 1. The van der Waals surface area contributed by atoms with Crippen molar-refractivity contribution >= 4 is 35.6 Å². The van der Waals surface area contributed by atoms with Crippen molar-refractivity contribution in [1.82, 2.24) is 10.2 Å². The van der Waals surface area contributed by atoms with Crippen LogP contribution < -0.4 is 11.1 Å². The first-order valence-electron chi connectivity index (χ1n) is 7.86. The number of nitrogens with one attached hydrogen (secondary N) is 1. The minimum atomic E-state index is -1.17. The zero-order chi connectivity index (χ0) is 19.9. The van der Waals surface area contributed by atoms with Crippen molar-refractivity contribution in [2.24, 2.45) is 11.7 Å². The van der Waals surface area contributed by atoms with Crippen LogP contribution in [0, 0.1) is 5.92 Å². The number of imide groups is 1. The van der Waals surface area contributed by atoms with Gasteiger partial charge in [0, 0.05) is 19.0 Å². The number of urea groups is 1. The first kappa shape index (κ1) is 21.5. The molecule has 0 fully saturated rings. The van der Waals surface area contributed by atoms with Crippen LogP contribution >= 0.6 is 11.8 Å². The number of nitrogens with two attached hydrogens (primary N) is 1. The fourth-order valence-electron chi connectivity index (χ4n) is 1.89. The number of primary amides is 1. The van der Waals surface area contributed by atoms with Gasteiger partial charge in [-0.15, -0.1) is 11.8 Å². The normalized spacial score (nSPS) is 11.6. The van der Waals surface area contributed by atoms with Gasteiger partial charge in [0.15, 0.2) is 6.10 Å². The van der Waals surface area contributed by atoms with Crippen molar-refractivity contribution < 1.29 is 23.9 Å². The maximum atomic E-state index is 12.5. The molecule has 142 valence electrons. The van der Waals surface area contributed by atoms with E-state index in [0.29, 0.717) is 4.90 Å². The molecule has 0 saturated heterocycles. The highest BCUT2D eigenvalue weighted by molar-refractivity contribution is 8.00. The van der Waals surface area contributed by atoms with Crippen molar-refractivity contribution in [3.63, 3.8) is 0 Å². The highest BCUT2D eigenvalue weighted by Gasteiger charge is 2.28. The number of thioether (sulfide) groups is 1. The van der Waals surface area contributed by atoms with Gasteiger partial charge in [0.25, 0.3) is 5.91 Å². The minimum Gasteiger partial charge on any atom is -0.448 e. The SMILES string of the molecule is CC(C)[C@H](OC(=O)c1ccccc1SCC(=O)N(C)C)C(=O)NC(N)=O. The van der Waals surface area contributed by atoms with Gasteiger partial charge in [-0.25, -0.2) is 9.59 Å². The van der Waals surface area contributed by atoms with Gasteiger partial charge < -0.3 is 15.4 Å². The van der Waals surface area contributed by atoms with Crippen molar-refractivity contribution in [1.29, 1.82) is 0 Å². The van der Waals surface area contributed by atoms with E-state index < -0.39 is 24.0 Å². The van der Waals surface area contributed by atoms with Gasteiger partial charge in [0.2, 0.25) is 5.91 Å². The highest BCUT2D eigenvalue weighted by atomic mass is 32.2. The summed E-state index contributed by atoms with van der Waals surface area (Å²) in [6.07, 6.45) is -1.17. The summed E-state index contributed by atoms with van der Waals surface area (Å²) >= 11 is 1.20. The lowest BCUT2D eigenvalue weighted by Crippen LogP contribution is -2.45. The lowest BCUT2D eigenvalue weighted by Gasteiger charge is -2.20. The van der Waals surface area contributed by atoms with Crippen molar-refractivity contribution in [2.45, 2.75) is 24.8 Å². The van der Waals surface area contributed by atoms with Gasteiger partial charge in [-0.1, -0.05) is 26.0 Å². The number of esters is 1. The Balaban J connectivity index is 2.93. The van der Waals surface area contributed by atoms with Crippen molar-refractivity contribution in [3.05, 3.63) is 29.8 Å². The van der Waals surface area contributed by atoms with Gasteiger partial charge >= 0.3 is 12.0 Å². The Morgan fingerprint density at radius 1 is 1.19 bits per heavy atom. The maximum absolute atomic E-state index is 12.5. The molecule has 0 heterocycles. The van der Waals surface area contributed by atoms with E-state index in [9.17, 15) is 19.2 Å². The molecule has 26 heavy (non-hydrogen) atoms. The molecule has 0 aliphatic heterocycles. The molecule has 0 spiro atoms. The molecule has 0 unspecified atom stereocenters. The van der Waals surface area contributed by atoms with E-state index in [1.165, 1.54) is 16.7 Å². The summed E-state index contributed by atoms with van der Waals surface area (Å²) in [7, 11) is 3.29. The van der Waals surface area contributed by atoms with Crippen LogP contribution in [-0.2, 0) is 14.3 Å². The molecule has 1 aromatic carbocycles. The number of carbonyl (C=O) groups excluding carboxylic acids is 4. The third kappa shape index (κ3) is 6.40. The third-order valence-electron chi connectivity index (χ3n) is 3.30. The minimum absolute atomic E-state index is 0.0981. The fraction of sp³-hybridized carbons (Fsp3) is 0.412. The van der Waals surface area contributed by atoms with Gasteiger partial charge in [0.1, 0.15) is 0 Å². The molecular weight excluding hydrogens is 358 g/mol. The maximum Gasteiger partial charge on any atom is 0.340 e. The molecule has 0 radical (unpaired) electrons. The van der Waals surface area contributed by atoms with Gasteiger partial charge in [-0.2, -0.15) is 0 Å². The summed E-state index contributed by atoms with van der Waals surface area (Å²) in [5.41, 5.74) is 5.18. The first-order valence-corrected chi connectivity index (χ1v) is 8.85. The molecule has 1 aromatic rings. The molecule has 4 amide bonds. The lowest BCUT2D eigenvalue weighted by atomic mass is 10.1. The zero-order valence-electron chi connectivity index (χ0n) is 15.1. The first-order chi connectivity index (χ1) is 12.1. The largest absolute Gasteiger partial charge is 0.448 e. The highest BCUT2D eigenvalue weighted by Crippen LogP contribution is 2.24. The molecule has 9 heteroatoms. The number of hydrogen-bond acceptors (Lipinski definition) is 6. The van der Waals surface area contributed by atoms with Gasteiger partial charge in [0.05, 0.1) is 11.3 Å². The predicted molar refractivity (Wildman–Crippen MR) is 97.6 cm³/mol. The van der Waals surface area contributed by atoms with E-state index in [1.54, 1.807) is 52.2 Å². The Hall–Kier alpha value is -2.55. The Morgan fingerprint density at radius 3 is 2.35 bits per heavy atom. The predicted octanol–water partition coefficient (Wildman–Crippen LogP) is 1.24. The fourth-order valence-corrected chi connectivity index (χ4v) is 2.91. The monoisotopic (exact) mass is 381 g/mol. The van der Waals surface area contributed by atoms with Crippen molar-refractivity contribution in [2.75, 3.05) is 19.8 Å². The Bertz CT molecular complexity index is 691. The van der Waals surface area contributed by atoms with Gasteiger partial charge in [-0.3, -0.25) is 14.9 Å². The molecule has 1 rings (SSSR count). The Morgan fingerprint density at radius 2 is 1.81 bits per heavy atom. The number of carbonyl (C=O) groups is 4. The summed E-state index contributed by atoms with van der Waals surface area (Å²) in [5, 5.41) is 1.92. The molecule has 0 saturated carbocycles. The molecule has 0 aliphatic carbocycles. The Kier molecular flexibility index (Phi) is 8.11. The van der Waals surface area contributed by atoms with Crippen LogP contribution in [0.25, 0.3) is 0 Å². The smallest absolute Gasteiger partial charge is 0.340 e. The molecule has 3 N–H and O–H groups in total. The van der Waals surface area contributed by atoms with Crippen LogP contribution in [0.15, 0.2) is 29.2 Å². The summed E-state index contributed by atoms with van der Waals surface area (Å²) in [4.78, 5) is 49.1. The summed E-state index contributed by atoms with van der Waals surface area (Å²) in [6.45, 7) is 3.35. The third-order valence-corrected chi connectivity index (χ3v) is 4.36. The van der Waals surface area contributed by atoms with E-state index in [-0.39, 0.29) is 23.1 Å². The van der Waals surface area contributed by atoms with Crippen LogP contribution in [0.2, 0.25) is 0 Å². The topological polar surface area (TPSA) is 119 Å². The van der Waals surface area contributed by atoms with E-state index >= 15 is 0 Å². The van der Waals surface area contributed by atoms with Gasteiger partial charge in [-0.05, 0) is 18.1 Å². The molecule has 0 bridgehead atoms. The van der Waals surface area contributed by atoms with E-state index in [2.05, 4.69) is 0 Å². The van der Waals surface area contributed by atoms with Crippen LogP contribution in [0.4, 0.5) is 4.79 Å². The molecule has 0 aromatic heterocycles. The zero-order valence-corrected chi connectivity index (χ0v) is 16.0. The summed E-state index contributed by atoms with van der Waals surface area (Å²) in [5.74, 6) is -1.81. The number of rotatable bonds is 7. The molecular formula is C17H23N3O5S. The molecule has 0 aliphatic rings. The quantitative estimate of drug-likeness (QED) is 0.542. The standard InChI is InChI=1S/C17H23N3O5S/c1-10(2)14(15(22)19-17(18)24)25-16(23)11-7-5-6-8-12(11)26-9-13(21)20(3)4/h5-8,10,14H,9H2,1-4H3,(H3,18,19,22,24)/t14-/m0/s1. The van der Waals surface area contributed by atoms with Crippen LogP contribution in [0.3, 0.4) is 0 Å². The second kappa shape index (κ2) is 9.81. The van der Waals surface area contributed by atoms with Crippen LogP contribution in [0.5, 0.6) is 0 Å². The van der Waals surface area contributed by atoms with E-state index in [4.69, 9.17) is 10.5 Å². The lowest BCUT2D eigenvalue weighted by molar-refractivity contribution is -0.131. The van der Waals surface area contributed by atoms with Crippen molar-refractivity contribution in [3.8, 4) is 0 Å². The second-order valence-electron chi connectivity index (χ2n) is 6.00. The van der Waals surface area contributed by atoms with E-state index in [1.807, 2.05) is 5.32 Å². The summed E-state index contributed by atoms with van der Waals surface area (Å²) in [6, 6.07) is 5.61. The molecule has 1 atom stereocenters. The molecule has 8 nitrogen and oxygen atoms in total. The average Bonchev–Trinajstić information content (AvgIpc) is 2.56. The van der Waals surface area contributed by atoms with Crippen LogP contribution in [0.1, 0.15) is 24.2 Å². The number of benzene rings is 1. The number of nitrogens with zero attached hydrogens (tertiary/aromatic N) is 1. The van der Waals surface area contributed by atoms with Crippen LogP contribution in [-0.4, -0.2) is 54.7 Å². The average molecular weight is 381 g/mol. The van der Waals surface area contributed by atoms with E-state index in [0.717, 1.165) is 0 Å². The summed E-state index contributed by atoms with van der Waals surface area (Å²) < 4.78 is 5.29. The number of hydrogen-bond donors (Lipinski definition) is 2.